The Labute approximate surface area is 52.5 Å². The van der Waals surface area contributed by atoms with Gasteiger partial charge in [-0.25, -0.2) is 0 Å². The summed E-state index contributed by atoms with van der Waals surface area (Å²) in [7, 11) is 0. The predicted molar refractivity (Wildman–Crippen MR) is 36.5 cm³/mol. The van der Waals surface area contributed by atoms with Gasteiger partial charge in [0.1, 0.15) is 0 Å². The van der Waals surface area contributed by atoms with Crippen molar-refractivity contribution < 1.29 is 4.79 Å². The molecule has 0 N–H and O–H groups in total. The van der Waals surface area contributed by atoms with E-state index in [1.807, 2.05) is 0 Å². The number of rotatable bonds is 0. The van der Waals surface area contributed by atoms with Crippen molar-refractivity contribution in [1.82, 2.24) is 0 Å². The Bertz CT molecular complexity index is 85.9. The summed E-state index contributed by atoms with van der Waals surface area (Å²) in [6, 6.07) is 0. The minimum Gasteiger partial charge on any atom is -0.287 e. The highest BCUT2D eigenvalue weighted by Gasteiger charge is 1.91. The number of hydrogen-bond donors (Lipinski definition) is 0. The summed E-state index contributed by atoms with van der Waals surface area (Å²) in [6.45, 7) is 3.24. The standard InChI is InChI=1S/C4H6OS2/c1-3(5)7-4(2)6/h1-2H3. The van der Waals surface area contributed by atoms with Crippen LogP contribution in [0.15, 0.2) is 0 Å². The molecule has 0 bridgehead atoms. The summed E-state index contributed by atoms with van der Waals surface area (Å²) in [5.41, 5.74) is 0. The monoisotopic (exact) mass is 134 g/mol. The quantitative estimate of drug-likeness (QED) is 0.468. The zero-order valence-electron chi connectivity index (χ0n) is 4.22. The molecule has 0 aromatic carbocycles. The lowest BCUT2D eigenvalue weighted by Crippen LogP contribution is -1.84. The van der Waals surface area contributed by atoms with E-state index in [1.54, 1.807) is 6.92 Å². The van der Waals surface area contributed by atoms with Crippen LogP contribution in [0, 0.1) is 0 Å². The summed E-state index contributed by atoms with van der Waals surface area (Å²) in [4.78, 5) is 10.1. The second-order valence-electron chi connectivity index (χ2n) is 1.09. The predicted octanol–water partition coefficient (Wildman–Crippen LogP) is 1.61. The topological polar surface area (TPSA) is 17.1 Å². The van der Waals surface area contributed by atoms with Crippen LogP contribution in [0.4, 0.5) is 0 Å². The van der Waals surface area contributed by atoms with Crippen LogP contribution in [0.5, 0.6) is 0 Å². The lowest BCUT2D eigenvalue weighted by Gasteiger charge is -1.84. The van der Waals surface area contributed by atoms with Gasteiger partial charge in [0, 0.05) is 6.92 Å². The van der Waals surface area contributed by atoms with Gasteiger partial charge in [-0.1, -0.05) is 12.2 Å². The smallest absolute Gasteiger partial charge is 0.191 e. The summed E-state index contributed by atoms with van der Waals surface area (Å²) in [5.74, 6) is 0. The molecule has 0 saturated heterocycles. The molecule has 3 heteroatoms. The maximum atomic E-state index is 10.1. The van der Waals surface area contributed by atoms with Gasteiger partial charge in [-0.2, -0.15) is 0 Å². The van der Waals surface area contributed by atoms with Gasteiger partial charge >= 0.3 is 0 Å². The number of carbonyl (C=O) groups excluding carboxylic acids is 1. The largest absolute Gasteiger partial charge is 0.287 e. The van der Waals surface area contributed by atoms with Crippen molar-refractivity contribution in [2.75, 3.05) is 0 Å². The molecule has 0 aliphatic rings. The van der Waals surface area contributed by atoms with Gasteiger partial charge in [-0.15, -0.1) is 0 Å². The van der Waals surface area contributed by atoms with E-state index in [0.717, 1.165) is 11.8 Å². The average molecular weight is 134 g/mol. The average Bonchev–Trinajstić information content (AvgIpc) is 1.27. The Morgan fingerprint density at radius 1 is 1.57 bits per heavy atom. The normalized spacial score (nSPS) is 8.29. The molecule has 0 amide bonds. The summed E-state index contributed by atoms with van der Waals surface area (Å²) in [6.07, 6.45) is 0. The molecule has 0 fully saturated rings. The third kappa shape index (κ3) is 6.11. The van der Waals surface area contributed by atoms with Gasteiger partial charge in [0.15, 0.2) is 5.12 Å². The highest BCUT2D eigenvalue weighted by atomic mass is 32.2. The lowest BCUT2D eigenvalue weighted by atomic mass is 10.9. The van der Waals surface area contributed by atoms with Crippen molar-refractivity contribution in [3.63, 3.8) is 0 Å². The molecule has 0 aromatic heterocycles. The molecule has 0 aliphatic carbocycles. The SMILES string of the molecule is CC(=O)SC(C)=S. The van der Waals surface area contributed by atoms with Gasteiger partial charge < -0.3 is 0 Å². The van der Waals surface area contributed by atoms with Gasteiger partial charge in [0.05, 0.1) is 4.20 Å². The van der Waals surface area contributed by atoms with Gasteiger partial charge in [0.25, 0.3) is 0 Å². The minimum atomic E-state index is 0.0625. The number of thiocarbonyl (C=S) groups is 1. The fourth-order valence-electron chi connectivity index (χ4n) is 0.202. The van der Waals surface area contributed by atoms with Crippen LogP contribution in [-0.2, 0) is 4.79 Å². The van der Waals surface area contributed by atoms with Crippen molar-refractivity contribution in [3.05, 3.63) is 0 Å². The maximum absolute atomic E-state index is 10.1. The first-order chi connectivity index (χ1) is 3.13. The molecule has 0 radical (unpaired) electrons. The summed E-state index contributed by atoms with van der Waals surface area (Å²) in [5, 5.41) is 0.0625. The van der Waals surface area contributed by atoms with Gasteiger partial charge in [-0.05, 0) is 18.7 Å². The van der Waals surface area contributed by atoms with Crippen molar-refractivity contribution in [3.8, 4) is 0 Å². The number of hydrogen-bond acceptors (Lipinski definition) is 3. The van der Waals surface area contributed by atoms with E-state index in [-0.39, 0.29) is 5.12 Å². The molecule has 0 aromatic rings. The third-order valence-electron chi connectivity index (χ3n) is 0.287. The molecule has 0 aliphatic heterocycles. The van der Waals surface area contributed by atoms with Crippen molar-refractivity contribution >= 4 is 33.3 Å². The molecule has 0 unspecified atom stereocenters. The molecule has 0 spiro atoms. The molecule has 0 saturated carbocycles. The fourth-order valence-corrected chi connectivity index (χ4v) is 0.959. The molecule has 7 heavy (non-hydrogen) atoms. The number of thioether (sulfide) groups is 1. The Hall–Kier alpha value is 0.110. The molecular formula is C4H6OS2. The summed E-state index contributed by atoms with van der Waals surface area (Å²) >= 11 is 5.72. The van der Waals surface area contributed by atoms with Crippen LogP contribution in [0.3, 0.4) is 0 Å². The van der Waals surface area contributed by atoms with Gasteiger partial charge in [-0.3, -0.25) is 4.79 Å². The van der Waals surface area contributed by atoms with E-state index in [4.69, 9.17) is 0 Å². The van der Waals surface area contributed by atoms with Crippen LogP contribution in [0.25, 0.3) is 0 Å². The van der Waals surface area contributed by atoms with E-state index >= 15 is 0 Å². The first-order valence-corrected chi connectivity index (χ1v) is 3.04. The first-order valence-electron chi connectivity index (χ1n) is 1.82. The highest BCUT2D eigenvalue weighted by molar-refractivity contribution is 8.32. The van der Waals surface area contributed by atoms with Crippen LogP contribution >= 0.6 is 24.0 Å². The van der Waals surface area contributed by atoms with Crippen molar-refractivity contribution in [1.29, 1.82) is 0 Å². The maximum Gasteiger partial charge on any atom is 0.191 e. The third-order valence-corrected chi connectivity index (χ3v) is 1.11. The van der Waals surface area contributed by atoms with Crippen LogP contribution in [0.1, 0.15) is 13.8 Å². The van der Waals surface area contributed by atoms with Crippen LogP contribution in [0.2, 0.25) is 0 Å². The molecule has 40 valence electrons. The van der Waals surface area contributed by atoms with Gasteiger partial charge in [0.2, 0.25) is 0 Å². The van der Waals surface area contributed by atoms with E-state index < -0.39 is 0 Å². The van der Waals surface area contributed by atoms with E-state index in [1.165, 1.54) is 6.92 Å². The van der Waals surface area contributed by atoms with Crippen LogP contribution in [-0.4, -0.2) is 9.31 Å². The second kappa shape index (κ2) is 3.16. The Morgan fingerprint density at radius 3 is 2.00 bits per heavy atom. The number of carbonyl (C=O) groups is 1. The molecule has 0 rings (SSSR count). The first kappa shape index (κ1) is 7.11. The van der Waals surface area contributed by atoms with Crippen molar-refractivity contribution in [2.24, 2.45) is 0 Å². The van der Waals surface area contributed by atoms with E-state index in [2.05, 4.69) is 12.2 Å². The Kier molecular flexibility index (Phi) is 3.21. The van der Waals surface area contributed by atoms with Crippen LogP contribution < -0.4 is 0 Å². The van der Waals surface area contributed by atoms with E-state index in [9.17, 15) is 4.79 Å². The second-order valence-corrected chi connectivity index (χ2v) is 3.35. The minimum absolute atomic E-state index is 0.0625. The lowest BCUT2D eigenvalue weighted by molar-refractivity contribution is -0.109. The van der Waals surface area contributed by atoms with Crippen molar-refractivity contribution in [2.45, 2.75) is 13.8 Å². The molecular weight excluding hydrogens is 128 g/mol. The summed E-state index contributed by atoms with van der Waals surface area (Å²) < 4.78 is 0.688. The zero-order valence-corrected chi connectivity index (χ0v) is 5.86. The molecule has 0 heterocycles. The Balaban J connectivity index is 3.32. The highest BCUT2D eigenvalue weighted by Crippen LogP contribution is 2.02. The Morgan fingerprint density at radius 2 is 2.00 bits per heavy atom. The van der Waals surface area contributed by atoms with E-state index in [0.29, 0.717) is 4.20 Å². The molecule has 0 atom stereocenters. The molecule has 1 nitrogen and oxygen atoms in total. The zero-order chi connectivity index (χ0) is 5.86. The fraction of sp³-hybridized carbons (Fsp3) is 0.500.